The lowest BCUT2D eigenvalue weighted by atomic mass is 10.1. The van der Waals surface area contributed by atoms with Crippen molar-refractivity contribution in [2.45, 2.75) is 30.5 Å². The molecule has 0 saturated heterocycles. The van der Waals surface area contributed by atoms with E-state index in [9.17, 15) is 9.50 Å². The van der Waals surface area contributed by atoms with Crippen LogP contribution in [0, 0.1) is 5.82 Å². The maximum absolute atomic E-state index is 13.0. The van der Waals surface area contributed by atoms with Gasteiger partial charge in [-0.25, -0.2) is 9.37 Å². The standard InChI is InChI=1S/C19H19FN2OS/c20-17-8-6-16(7-9-17)14-24-19-21-12-18(13-23)22(19)11-10-15-4-2-1-3-5-15/h1-9,12,23H,10-11,13-14H2. The molecule has 1 N–H and O–H groups in total. The number of thioether (sulfide) groups is 1. The van der Waals surface area contributed by atoms with E-state index >= 15 is 0 Å². The van der Waals surface area contributed by atoms with Crippen molar-refractivity contribution in [1.29, 1.82) is 0 Å². The van der Waals surface area contributed by atoms with Crippen molar-refractivity contribution in [2.24, 2.45) is 0 Å². The fraction of sp³-hybridized carbons (Fsp3) is 0.211. The highest BCUT2D eigenvalue weighted by molar-refractivity contribution is 7.98. The largest absolute Gasteiger partial charge is 0.390 e. The molecule has 3 aromatic rings. The highest BCUT2D eigenvalue weighted by Crippen LogP contribution is 2.23. The molecule has 0 unspecified atom stereocenters. The van der Waals surface area contributed by atoms with Crippen LogP contribution >= 0.6 is 11.8 Å². The number of aromatic nitrogens is 2. The molecule has 124 valence electrons. The van der Waals surface area contributed by atoms with Crippen LogP contribution in [0.3, 0.4) is 0 Å². The van der Waals surface area contributed by atoms with Crippen LogP contribution in [-0.2, 0) is 25.3 Å². The van der Waals surface area contributed by atoms with Crippen LogP contribution < -0.4 is 0 Å². The first kappa shape index (κ1) is 16.7. The molecule has 0 atom stereocenters. The topological polar surface area (TPSA) is 38.1 Å². The maximum atomic E-state index is 13.0. The van der Waals surface area contributed by atoms with Crippen LogP contribution in [0.25, 0.3) is 0 Å². The quantitative estimate of drug-likeness (QED) is 0.658. The van der Waals surface area contributed by atoms with Crippen LogP contribution in [0.2, 0.25) is 0 Å². The lowest BCUT2D eigenvalue weighted by molar-refractivity contribution is 0.269. The molecular formula is C19H19FN2OS. The van der Waals surface area contributed by atoms with Crippen molar-refractivity contribution in [1.82, 2.24) is 9.55 Å². The number of nitrogens with zero attached hydrogens (tertiary/aromatic N) is 2. The second kappa shape index (κ2) is 8.13. The van der Waals surface area contributed by atoms with Gasteiger partial charge in [-0.15, -0.1) is 0 Å². The third-order valence-corrected chi connectivity index (χ3v) is 4.87. The molecule has 3 rings (SSSR count). The van der Waals surface area contributed by atoms with Crippen molar-refractivity contribution in [3.8, 4) is 0 Å². The van der Waals surface area contributed by atoms with Gasteiger partial charge in [0.2, 0.25) is 0 Å². The third kappa shape index (κ3) is 4.24. The van der Waals surface area contributed by atoms with Crippen molar-refractivity contribution >= 4 is 11.8 Å². The van der Waals surface area contributed by atoms with Gasteiger partial charge in [-0.2, -0.15) is 0 Å². The number of halogens is 1. The first-order valence-corrected chi connectivity index (χ1v) is 8.81. The van der Waals surface area contributed by atoms with E-state index in [0.29, 0.717) is 5.75 Å². The first-order valence-electron chi connectivity index (χ1n) is 7.82. The Hall–Kier alpha value is -2.11. The van der Waals surface area contributed by atoms with E-state index in [2.05, 4.69) is 21.7 Å². The monoisotopic (exact) mass is 342 g/mol. The fourth-order valence-corrected chi connectivity index (χ4v) is 3.47. The summed E-state index contributed by atoms with van der Waals surface area (Å²) in [5, 5.41) is 10.4. The highest BCUT2D eigenvalue weighted by atomic mass is 32.2. The van der Waals surface area contributed by atoms with Crippen LogP contribution in [0.5, 0.6) is 0 Å². The Morgan fingerprint density at radius 3 is 2.46 bits per heavy atom. The summed E-state index contributed by atoms with van der Waals surface area (Å²) in [7, 11) is 0. The molecule has 3 nitrogen and oxygen atoms in total. The van der Waals surface area contributed by atoms with Gasteiger partial charge in [0.25, 0.3) is 0 Å². The van der Waals surface area contributed by atoms with Crippen molar-refractivity contribution < 1.29 is 9.50 Å². The molecule has 0 radical (unpaired) electrons. The summed E-state index contributed by atoms with van der Waals surface area (Å²) in [6.07, 6.45) is 2.60. The highest BCUT2D eigenvalue weighted by Gasteiger charge is 2.10. The summed E-state index contributed by atoms with van der Waals surface area (Å²) < 4.78 is 15.0. The minimum Gasteiger partial charge on any atom is -0.390 e. The molecule has 0 saturated carbocycles. The Labute approximate surface area is 145 Å². The molecule has 0 aliphatic rings. The number of hydrogen-bond donors (Lipinski definition) is 1. The van der Waals surface area contributed by atoms with Crippen molar-refractivity contribution in [2.75, 3.05) is 0 Å². The zero-order chi connectivity index (χ0) is 16.8. The lowest BCUT2D eigenvalue weighted by Crippen LogP contribution is -2.07. The van der Waals surface area contributed by atoms with Crippen LogP contribution in [0.15, 0.2) is 66.0 Å². The summed E-state index contributed by atoms with van der Waals surface area (Å²) in [6, 6.07) is 16.8. The molecule has 2 aromatic carbocycles. The van der Waals surface area contributed by atoms with Crippen molar-refractivity contribution in [3.05, 3.63) is 83.4 Å². The summed E-state index contributed by atoms with van der Waals surface area (Å²) in [5.74, 6) is 0.490. The number of imidazole rings is 1. The second-order valence-electron chi connectivity index (χ2n) is 5.49. The number of aliphatic hydroxyl groups excluding tert-OH is 1. The molecule has 5 heteroatoms. The Morgan fingerprint density at radius 2 is 1.75 bits per heavy atom. The normalized spacial score (nSPS) is 10.9. The summed E-state index contributed by atoms with van der Waals surface area (Å²) in [6.45, 7) is 0.741. The van der Waals surface area contributed by atoms with Crippen LogP contribution in [0.4, 0.5) is 4.39 Å². The van der Waals surface area contributed by atoms with Gasteiger partial charge in [0, 0.05) is 12.3 Å². The van der Waals surface area contributed by atoms with Crippen LogP contribution in [-0.4, -0.2) is 14.7 Å². The van der Waals surface area contributed by atoms with Gasteiger partial charge in [-0.3, -0.25) is 0 Å². The Balaban J connectivity index is 1.69. The van der Waals surface area contributed by atoms with Gasteiger partial charge in [-0.1, -0.05) is 54.2 Å². The second-order valence-corrected chi connectivity index (χ2v) is 6.44. The number of hydrogen-bond acceptors (Lipinski definition) is 3. The number of aliphatic hydroxyl groups is 1. The average molecular weight is 342 g/mol. The SMILES string of the molecule is OCc1cnc(SCc2ccc(F)cc2)n1CCc1ccccc1. The van der Waals surface area contributed by atoms with E-state index in [1.54, 1.807) is 30.1 Å². The zero-order valence-electron chi connectivity index (χ0n) is 13.2. The molecule has 0 aliphatic heterocycles. The molecule has 0 spiro atoms. The maximum Gasteiger partial charge on any atom is 0.168 e. The van der Waals surface area contributed by atoms with Gasteiger partial charge in [0.05, 0.1) is 18.5 Å². The molecule has 24 heavy (non-hydrogen) atoms. The fourth-order valence-electron chi connectivity index (χ4n) is 2.49. The molecule has 1 heterocycles. The van der Waals surface area contributed by atoms with Gasteiger partial charge < -0.3 is 9.67 Å². The number of benzene rings is 2. The van der Waals surface area contributed by atoms with Crippen LogP contribution in [0.1, 0.15) is 16.8 Å². The zero-order valence-corrected chi connectivity index (χ0v) is 14.0. The first-order chi connectivity index (χ1) is 11.8. The van der Waals surface area contributed by atoms with E-state index in [0.717, 1.165) is 29.4 Å². The molecule has 0 bridgehead atoms. The Morgan fingerprint density at radius 1 is 1.00 bits per heavy atom. The van der Waals surface area contributed by atoms with E-state index in [4.69, 9.17) is 0 Å². The van der Waals surface area contributed by atoms with Gasteiger partial charge in [-0.05, 0) is 29.7 Å². The Bertz CT molecular complexity index is 772. The molecule has 0 fully saturated rings. The lowest BCUT2D eigenvalue weighted by Gasteiger charge is -2.11. The Kier molecular flexibility index (Phi) is 5.67. The molecule has 0 aliphatic carbocycles. The van der Waals surface area contributed by atoms with E-state index in [-0.39, 0.29) is 12.4 Å². The van der Waals surface area contributed by atoms with Gasteiger partial charge in [0.1, 0.15) is 5.82 Å². The van der Waals surface area contributed by atoms with Crippen molar-refractivity contribution in [3.63, 3.8) is 0 Å². The van der Waals surface area contributed by atoms with E-state index in [1.165, 1.54) is 17.7 Å². The molecule has 1 aromatic heterocycles. The summed E-state index contributed by atoms with van der Waals surface area (Å²) in [5.41, 5.74) is 3.11. The predicted octanol–water partition coefficient (Wildman–Crippen LogP) is 4.05. The van der Waals surface area contributed by atoms with Gasteiger partial charge in [0.15, 0.2) is 5.16 Å². The number of rotatable bonds is 7. The smallest absolute Gasteiger partial charge is 0.168 e. The third-order valence-electron chi connectivity index (χ3n) is 3.81. The van der Waals surface area contributed by atoms with E-state index in [1.807, 2.05) is 18.2 Å². The molecule has 0 amide bonds. The minimum atomic E-state index is -0.226. The summed E-state index contributed by atoms with van der Waals surface area (Å²) in [4.78, 5) is 4.42. The predicted molar refractivity (Wildman–Crippen MR) is 94.3 cm³/mol. The van der Waals surface area contributed by atoms with E-state index < -0.39 is 0 Å². The minimum absolute atomic E-state index is 0.0289. The summed E-state index contributed by atoms with van der Waals surface area (Å²) >= 11 is 1.60. The molecular weight excluding hydrogens is 323 g/mol. The average Bonchev–Trinajstić information content (AvgIpc) is 3.02. The number of aryl methyl sites for hydroxylation is 1. The van der Waals surface area contributed by atoms with Gasteiger partial charge >= 0.3 is 0 Å².